The summed E-state index contributed by atoms with van der Waals surface area (Å²) >= 11 is 0. The minimum absolute atomic E-state index is 0.0295. The minimum atomic E-state index is -0.458. The summed E-state index contributed by atoms with van der Waals surface area (Å²) in [5.74, 6) is 0.466. The molecule has 0 radical (unpaired) electrons. The Bertz CT molecular complexity index is 1070. The van der Waals surface area contributed by atoms with Gasteiger partial charge in [0.15, 0.2) is 0 Å². The number of carbonyl (C=O) groups is 2. The molecule has 2 aliphatic rings. The fourth-order valence-electron chi connectivity index (χ4n) is 5.96. The molecule has 0 aromatic heterocycles. The van der Waals surface area contributed by atoms with Crippen LogP contribution < -0.4 is 10.2 Å². The second-order valence-electron chi connectivity index (χ2n) is 12.1. The number of nitrogens with zero attached hydrogens (tertiary/aromatic N) is 1. The van der Waals surface area contributed by atoms with Crippen LogP contribution in [0.15, 0.2) is 48.5 Å². The van der Waals surface area contributed by atoms with E-state index < -0.39 is 12.1 Å². The number of hydrogen-bond acceptors (Lipinski definition) is 4. The van der Waals surface area contributed by atoms with Crippen molar-refractivity contribution in [2.75, 3.05) is 11.5 Å². The Labute approximate surface area is 229 Å². The molecule has 0 spiro atoms. The summed E-state index contributed by atoms with van der Waals surface area (Å²) in [5.41, 5.74) is 4.60. The van der Waals surface area contributed by atoms with Gasteiger partial charge in [-0.2, -0.15) is 0 Å². The lowest BCUT2D eigenvalue weighted by atomic mass is 9.85. The van der Waals surface area contributed by atoms with E-state index in [0.717, 1.165) is 24.1 Å². The molecule has 1 amide bonds. The summed E-state index contributed by atoms with van der Waals surface area (Å²) in [6.07, 6.45) is 9.55. The van der Waals surface area contributed by atoms with Gasteiger partial charge in [-0.05, 0) is 66.7 Å². The number of amides is 1. The van der Waals surface area contributed by atoms with Gasteiger partial charge in [0.2, 0.25) is 5.91 Å². The van der Waals surface area contributed by atoms with E-state index in [4.69, 9.17) is 4.74 Å². The zero-order chi connectivity index (χ0) is 27.1. The Morgan fingerprint density at radius 2 is 1.74 bits per heavy atom. The quantitative estimate of drug-likeness (QED) is 0.375. The van der Waals surface area contributed by atoms with E-state index in [9.17, 15) is 9.59 Å². The highest BCUT2D eigenvalue weighted by molar-refractivity contribution is 5.99. The number of benzene rings is 2. The predicted molar refractivity (Wildman–Crippen MR) is 154 cm³/mol. The van der Waals surface area contributed by atoms with Crippen molar-refractivity contribution >= 4 is 17.6 Å². The van der Waals surface area contributed by atoms with Crippen molar-refractivity contribution in [1.82, 2.24) is 5.32 Å². The lowest BCUT2D eigenvalue weighted by Gasteiger charge is -2.29. The third-order valence-electron chi connectivity index (χ3n) is 8.27. The number of fused-ring (bicyclic) bond motifs is 1. The van der Waals surface area contributed by atoms with Crippen molar-refractivity contribution in [3.8, 4) is 0 Å². The molecule has 5 heteroatoms. The van der Waals surface area contributed by atoms with E-state index in [1.54, 1.807) is 0 Å². The predicted octanol–water partition coefficient (Wildman–Crippen LogP) is 6.71. The molecule has 1 saturated carbocycles. The molecule has 38 heavy (non-hydrogen) atoms. The number of anilines is 1. The second-order valence-corrected chi connectivity index (χ2v) is 12.1. The van der Waals surface area contributed by atoms with Crippen molar-refractivity contribution in [3.05, 3.63) is 65.2 Å². The van der Waals surface area contributed by atoms with Gasteiger partial charge < -0.3 is 9.64 Å². The molecule has 2 aromatic rings. The maximum atomic E-state index is 14.1. The maximum Gasteiger partial charge on any atom is 0.323 e. The van der Waals surface area contributed by atoms with Crippen LogP contribution in [0.2, 0.25) is 0 Å². The Kier molecular flexibility index (Phi) is 9.64. The second kappa shape index (κ2) is 12.9. The van der Waals surface area contributed by atoms with E-state index in [1.807, 2.05) is 30.0 Å². The van der Waals surface area contributed by atoms with E-state index in [2.05, 4.69) is 56.4 Å². The van der Waals surface area contributed by atoms with Crippen molar-refractivity contribution in [3.63, 3.8) is 0 Å². The smallest absolute Gasteiger partial charge is 0.323 e. The van der Waals surface area contributed by atoms with E-state index in [-0.39, 0.29) is 17.3 Å². The van der Waals surface area contributed by atoms with Gasteiger partial charge in [-0.25, -0.2) is 0 Å². The van der Waals surface area contributed by atoms with Crippen LogP contribution in [0.25, 0.3) is 0 Å². The first-order valence-electron chi connectivity index (χ1n) is 14.7. The molecule has 0 bridgehead atoms. The largest absolute Gasteiger partial charge is 0.465 e. The maximum absolute atomic E-state index is 14.1. The normalized spacial score (nSPS) is 19.5. The summed E-state index contributed by atoms with van der Waals surface area (Å²) in [5, 5.41) is 3.48. The van der Waals surface area contributed by atoms with Crippen LogP contribution in [-0.2, 0) is 32.7 Å². The summed E-state index contributed by atoms with van der Waals surface area (Å²) in [6.45, 7) is 9.32. The number of nitrogens with one attached hydrogen (secondary N) is 1. The lowest BCUT2D eigenvalue weighted by Crippen LogP contribution is -2.52. The molecule has 2 aromatic carbocycles. The fraction of sp³-hybridized carbons (Fsp3) is 0.576. The molecule has 206 valence electrons. The number of aryl methyl sites for hydroxylation is 1. The van der Waals surface area contributed by atoms with Crippen molar-refractivity contribution in [1.29, 1.82) is 0 Å². The highest BCUT2D eigenvalue weighted by atomic mass is 16.5. The molecule has 5 nitrogen and oxygen atoms in total. The molecule has 1 heterocycles. The van der Waals surface area contributed by atoms with Crippen LogP contribution in [0.1, 0.15) is 95.8 Å². The molecule has 1 aliphatic heterocycles. The van der Waals surface area contributed by atoms with E-state index in [1.165, 1.54) is 43.2 Å². The van der Waals surface area contributed by atoms with Crippen LogP contribution in [0, 0.1) is 5.92 Å². The number of hydrogen-bond donors (Lipinski definition) is 1. The van der Waals surface area contributed by atoms with Gasteiger partial charge in [0.05, 0.1) is 19.2 Å². The summed E-state index contributed by atoms with van der Waals surface area (Å²) in [7, 11) is 0. The molecule has 4 rings (SSSR count). The highest BCUT2D eigenvalue weighted by Crippen LogP contribution is 2.31. The van der Waals surface area contributed by atoms with E-state index in [0.29, 0.717) is 31.9 Å². The Balaban J connectivity index is 1.54. The molecular formula is C33H46N2O3. The minimum Gasteiger partial charge on any atom is -0.465 e. The molecular weight excluding hydrogens is 472 g/mol. The Hall–Kier alpha value is -2.66. The molecule has 0 saturated heterocycles. The first-order chi connectivity index (χ1) is 18.3. The van der Waals surface area contributed by atoms with Crippen LogP contribution in [0.4, 0.5) is 5.69 Å². The zero-order valence-electron chi connectivity index (χ0n) is 23.8. The molecule has 1 aliphatic carbocycles. The Morgan fingerprint density at radius 1 is 1.03 bits per heavy atom. The highest BCUT2D eigenvalue weighted by Gasteiger charge is 2.34. The van der Waals surface area contributed by atoms with Gasteiger partial charge in [-0.15, -0.1) is 0 Å². The number of carbonyl (C=O) groups excluding carboxylic acids is 2. The van der Waals surface area contributed by atoms with Crippen molar-refractivity contribution in [2.24, 2.45) is 5.92 Å². The van der Waals surface area contributed by atoms with E-state index >= 15 is 0 Å². The third kappa shape index (κ3) is 7.25. The summed E-state index contributed by atoms with van der Waals surface area (Å²) in [6, 6.07) is 15.9. The number of para-hydroxylation sites is 1. The average Bonchev–Trinajstić information content (AvgIpc) is 3.03. The van der Waals surface area contributed by atoms with Crippen LogP contribution in [0.5, 0.6) is 0 Å². The first kappa shape index (κ1) is 28.4. The SMILES string of the molecule is CCOC(=O)[C@@H](CCC1CCCCC1)NC1CCc2ccccc2N(Cc2ccc(C(C)(C)C)cc2)C1=O. The van der Waals surface area contributed by atoms with Crippen molar-refractivity contribution < 1.29 is 14.3 Å². The van der Waals surface area contributed by atoms with Crippen molar-refractivity contribution in [2.45, 2.75) is 110 Å². The topological polar surface area (TPSA) is 58.6 Å². The monoisotopic (exact) mass is 518 g/mol. The Morgan fingerprint density at radius 3 is 2.42 bits per heavy atom. The lowest BCUT2D eigenvalue weighted by molar-refractivity contribution is -0.146. The van der Waals surface area contributed by atoms with Crippen LogP contribution in [-0.4, -0.2) is 30.6 Å². The zero-order valence-corrected chi connectivity index (χ0v) is 23.8. The number of esters is 1. The average molecular weight is 519 g/mol. The third-order valence-corrected chi connectivity index (χ3v) is 8.27. The summed E-state index contributed by atoms with van der Waals surface area (Å²) < 4.78 is 5.45. The number of rotatable bonds is 9. The van der Waals surface area contributed by atoms with Gasteiger partial charge in [0.25, 0.3) is 0 Å². The fourth-order valence-corrected chi connectivity index (χ4v) is 5.96. The molecule has 1 fully saturated rings. The number of ether oxygens (including phenoxy) is 1. The van der Waals surface area contributed by atoms with Gasteiger partial charge >= 0.3 is 5.97 Å². The standard InChI is InChI=1S/C33H46N2O3/c1-5-38-32(37)29(21-17-24-11-7-6-8-12-24)34-28-22-18-26-13-9-10-14-30(26)35(31(28)36)23-25-15-19-27(20-16-25)33(2,3)4/h9-10,13-16,19-20,24,28-29,34H,5-8,11-12,17-18,21-23H2,1-4H3/t28?,29-/m1/s1. The van der Waals surface area contributed by atoms with Gasteiger partial charge in [0, 0.05) is 5.69 Å². The molecule has 1 unspecified atom stereocenters. The van der Waals surface area contributed by atoms with Gasteiger partial charge in [0.1, 0.15) is 6.04 Å². The van der Waals surface area contributed by atoms with Crippen LogP contribution in [0.3, 0.4) is 0 Å². The molecule has 2 atom stereocenters. The first-order valence-corrected chi connectivity index (χ1v) is 14.7. The van der Waals surface area contributed by atoms with Gasteiger partial charge in [-0.3, -0.25) is 14.9 Å². The summed E-state index contributed by atoms with van der Waals surface area (Å²) in [4.78, 5) is 29.0. The molecule has 1 N–H and O–H groups in total. The van der Waals surface area contributed by atoms with Gasteiger partial charge in [-0.1, -0.05) is 95.3 Å². The van der Waals surface area contributed by atoms with Crippen LogP contribution >= 0.6 is 0 Å².